The van der Waals surface area contributed by atoms with Gasteiger partial charge in [0.1, 0.15) is 17.5 Å². The van der Waals surface area contributed by atoms with E-state index in [0.29, 0.717) is 11.8 Å². The second-order valence-corrected chi connectivity index (χ2v) is 6.26. The predicted octanol–water partition coefficient (Wildman–Crippen LogP) is 2.63. The molecule has 1 fully saturated rings. The second-order valence-electron chi connectivity index (χ2n) is 6.26. The van der Waals surface area contributed by atoms with Gasteiger partial charge in [-0.05, 0) is 18.8 Å². The van der Waals surface area contributed by atoms with Crippen molar-refractivity contribution in [3.05, 3.63) is 11.9 Å². The van der Waals surface area contributed by atoms with Crippen molar-refractivity contribution in [1.82, 2.24) is 9.97 Å². The molecular formula is C16H28N4O. The van der Waals surface area contributed by atoms with Crippen LogP contribution in [0, 0.1) is 5.92 Å². The van der Waals surface area contributed by atoms with Crippen molar-refractivity contribution < 1.29 is 5.11 Å². The molecule has 0 aliphatic carbocycles. The topological polar surface area (TPSA) is 61.3 Å². The Labute approximate surface area is 127 Å². The molecular weight excluding hydrogens is 264 g/mol. The minimum absolute atomic E-state index is 0.166. The summed E-state index contributed by atoms with van der Waals surface area (Å²) in [5, 5.41) is 13.0. The summed E-state index contributed by atoms with van der Waals surface area (Å²) >= 11 is 0. The maximum absolute atomic E-state index is 9.66. The number of rotatable bonds is 6. The van der Waals surface area contributed by atoms with E-state index >= 15 is 0 Å². The molecule has 1 aromatic rings. The van der Waals surface area contributed by atoms with E-state index in [0.717, 1.165) is 43.4 Å². The second kappa shape index (κ2) is 7.07. The Bertz CT molecular complexity index is 464. The summed E-state index contributed by atoms with van der Waals surface area (Å²) in [5.41, 5.74) is 0. The molecule has 1 aromatic heterocycles. The van der Waals surface area contributed by atoms with Gasteiger partial charge in [0.15, 0.2) is 0 Å². The van der Waals surface area contributed by atoms with Gasteiger partial charge in [0.05, 0.1) is 12.6 Å². The van der Waals surface area contributed by atoms with Crippen LogP contribution in [0.4, 0.5) is 11.6 Å². The molecule has 0 spiro atoms. The van der Waals surface area contributed by atoms with E-state index < -0.39 is 0 Å². The lowest BCUT2D eigenvalue weighted by Crippen LogP contribution is -2.36. The van der Waals surface area contributed by atoms with Gasteiger partial charge in [-0.3, -0.25) is 0 Å². The van der Waals surface area contributed by atoms with Gasteiger partial charge in [0.2, 0.25) is 0 Å². The Morgan fingerprint density at radius 2 is 2.19 bits per heavy atom. The molecule has 0 aromatic carbocycles. The van der Waals surface area contributed by atoms with Crippen LogP contribution in [0.25, 0.3) is 0 Å². The summed E-state index contributed by atoms with van der Waals surface area (Å²) in [7, 11) is 0. The van der Waals surface area contributed by atoms with Crippen LogP contribution in [0.3, 0.4) is 0 Å². The average Bonchev–Trinajstić information content (AvgIpc) is 2.85. The average molecular weight is 292 g/mol. The summed E-state index contributed by atoms with van der Waals surface area (Å²) < 4.78 is 0. The first-order chi connectivity index (χ1) is 10.1. The fourth-order valence-electron chi connectivity index (χ4n) is 2.77. The Kier molecular flexibility index (Phi) is 5.39. The van der Waals surface area contributed by atoms with E-state index in [4.69, 9.17) is 4.98 Å². The van der Waals surface area contributed by atoms with Crippen LogP contribution in [0.1, 0.15) is 52.3 Å². The largest absolute Gasteiger partial charge is 0.394 e. The Morgan fingerprint density at radius 1 is 1.43 bits per heavy atom. The lowest BCUT2D eigenvalue weighted by Gasteiger charge is -2.27. The smallest absolute Gasteiger partial charge is 0.135 e. The SMILES string of the molecule is CCCNc1cc(N2CCC(C)C2CO)nc(C(C)C)n1. The molecule has 2 atom stereocenters. The number of nitrogens with zero attached hydrogens (tertiary/aromatic N) is 3. The molecule has 0 saturated carbocycles. The number of anilines is 2. The van der Waals surface area contributed by atoms with Crippen LogP contribution in [0.2, 0.25) is 0 Å². The monoisotopic (exact) mass is 292 g/mol. The van der Waals surface area contributed by atoms with Gasteiger partial charge in [0, 0.05) is 25.1 Å². The zero-order valence-corrected chi connectivity index (χ0v) is 13.6. The van der Waals surface area contributed by atoms with Gasteiger partial charge in [-0.2, -0.15) is 0 Å². The molecule has 2 rings (SSSR count). The normalized spacial score (nSPS) is 22.1. The van der Waals surface area contributed by atoms with Crippen LogP contribution in [0.5, 0.6) is 0 Å². The van der Waals surface area contributed by atoms with E-state index in [9.17, 15) is 5.11 Å². The molecule has 0 amide bonds. The van der Waals surface area contributed by atoms with Crippen molar-refractivity contribution in [2.45, 2.75) is 52.5 Å². The minimum atomic E-state index is 0.166. The van der Waals surface area contributed by atoms with Crippen LogP contribution < -0.4 is 10.2 Å². The summed E-state index contributed by atoms with van der Waals surface area (Å²) in [6.07, 6.45) is 2.17. The molecule has 21 heavy (non-hydrogen) atoms. The highest BCUT2D eigenvalue weighted by atomic mass is 16.3. The molecule has 1 aliphatic heterocycles. The number of aliphatic hydroxyl groups is 1. The number of aromatic nitrogens is 2. The van der Waals surface area contributed by atoms with Crippen molar-refractivity contribution >= 4 is 11.6 Å². The molecule has 0 radical (unpaired) electrons. The summed E-state index contributed by atoms with van der Waals surface area (Å²) in [6, 6.07) is 2.18. The summed E-state index contributed by atoms with van der Waals surface area (Å²) in [5.74, 6) is 3.49. The molecule has 118 valence electrons. The minimum Gasteiger partial charge on any atom is -0.394 e. The Balaban J connectivity index is 2.31. The fourth-order valence-corrected chi connectivity index (χ4v) is 2.77. The van der Waals surface area contributed by atoms with E-state index in [2.05, 4.69) is 42.9 Å². The maximum Gasteiger partial charge on any atom is 0.135 e. The van der Waals surface area contributed by atoms with Crippen LogP contribution in [0.15, 0.2) is 6.07 Å². The van der Waals surface area contributed by atoms with Crippen molar-refractivity contribution in [3.63, 3.8) is 0 Å². The molecule has 2 N–H and O–H groups in total. The maximum atomic E-state index is 9.66. The van der Waals surface area contributed by atoms with Gasteiger partial charge in [0.25, 0.3) is 0 Å². The number of hydrogen-bond donors (Lipinski definition) is 2. The van der Waals surface area contributed by atoms with E-state index in [1.54, 1.807) is 0 Å². The van der Waals surface area contributed by atoms with E-state index in [1.807, 2.05) is 6.07 Å². The molecule has 5 nitrogen and oxygen atoms in total. The molecule has 1 aliphatic rings. The third-order valence-corrected chi connectivity index (χ3v) is 4.17. The first-order valence-corrected chi connectivity index (χ1v) is 8.07. The number of hydrogen-bond acceptors (Lipinski definition) is 5. The molecule has 2 heterocycles. The number of aliphatic hydroxyl groups excluding tert-OH is 1. The number of nitrogens with one attached hydrogen (secondary N) is 1. The van der Waals surface area contributed by atoms with Crippen molar-refractivity contribution in [2.75, 3.05) is 29.9 Å². The fraction of sp³-hybridized carbons (Fsp3) is 0.750. The summed E-state index contributed by atoms with van der Waals surface area (Å²) in [4.78, 5) is 11.6. The standard InChI is InChI=1S/C16H28N4O/c1-5-7-17-14-9-15(19-16(18-14)11(2)3)20-8-6-12(4)13(20)10-21/h9,11-13,21H,5-8,10H2,1-4H3,(H,17,18,19). The van der Waals surface area contributed by atoms with E-state index in [-0.39, 0.29) is 12.6 Å². The van der Waals surface area contributed by atoms with Crippen LogP contribution >= 0.6 is 0 Å². The highest BCUT2D eigenvalue weighted by Crippen LogP contribution is 2.30. The zero-order chi connectivity index (χ0) is 15.4. The first-order valence-electron chi connectivity index (χ1n) is 8.07. The Morgan fingerprint density at radius 3 is 2.81 bits per heavy atom. The highest BCUT2D eigenvalue weighted by molar-refractivity contribution is 5.51. The van der Waals surface area contributed by atoms with Crippen molar-refractivity contribution in [3.8, 4) is 0 Å². The Hall–Kier alpha value is -1.36. The van der Waals surface area contributed by atoms with E-state index in [1.165, 1.54) is 0 Å². The third kappa shape index (κ3) is 3.64. The molecule has 1 saturated heterocycles. The first kappa shape index (κ1) is 16.0. The van der Waals surface area contributed by atoms with Crippen molar-refractivity contribution in [2.24, 2.45) is 5.92 Å². The lowest BCUT2D eigenvalue weighted by atomic mass is 10.0. The quantitative estimate of drug-likeness (QED) is 0.844. The third-order valence-electron chi connectivity index (χ3n) is 4.17. The van der Waals surface area contributed by atoms with Gasteiger partial charge >= 0.3 is 0 Å². The van der Waals surface area contributed by atoms with Gasteiger partial charge < -0.3 is 15.3 Å². The van der Waals surface area contributed by atoms with Crippen LogP contribution in [-0.4, -0.2) is 40.8 Å². The summed E-state index contributed by atoms with van der Waals surface area (Å²) in [6.45, 7) is 10.6. The van der Waals surface area contributed by atoms with Gasteiger partial charge in [-0.15, -0.1) is 0 Å². The van der Waals surface area contributed by atoms with Gasteiger partial charge in [-0.25, -0.2) is 9.97 Å². The lowest BCUT2D eigenvalue weighted by molar-refractivity contribution is 0.244. The predicted molar refractivity (Wildman–Crippen MR) is 86.9 cm³/mol. The highest BCUT2D eigenvalue weighted by Gasteiger charge is 2.32. The zero-order valence-electron chi connectivity index (χ0n) is 13.6. The molecule has 0 bridgehead atoms. The molecule has 5 heteroatoms. The van der Waals surface area contributed by atoms with Gasteiger partial charge in [-0.1, -0.05) is 27.7 Å². The molecule has 2 unspecified atom stereocenters. The van der Waals surface area contributed by atoms with Crippen molar-refractivity contribution in [1.29, 1.82) is 0 Å². The van der Waals surface area contributed by atoms with Crippen LogP contribution in [-0.2, 0) is 0 Å².